The maximum atomic E-state index is 11.9. The molecule has 2 N–H and O–H groups in total. The van der Waals surface area contributed by atoms with Crippen LogP contribution in [0.25, 0.3) is 22.8 Å². The zero-order chi connectivity index (χ0) is 18.3. The number of aromatic nitrogens is 3. The van der Waals surface area contributed by atoms with Gasteiger partial charge < -0.3 is 10.3 Å². The largest absolute Gasteiger partial charge is 0.356 e. The Labute approximate surface area is 150 Å². The minimum atomic E-state index is -3.24. The summed E-state index contributed by atoms with van der Waals surface area (Å²) in [5.74, 6) is 0.402. The van der Waals surface area contributed by atoms with Gasteiger partial charge in [0.2, 0.25) is 0 Å². The predicted octanol–water partition coefficient (Wildman–Crippen LogP) is 1.83. The lowest BCUT2D eigenvalue weighted by atomic mass is 10.1. The van der Waals surface area contributed by atoms with E-state index in [1.807, 2.05) is 0 Å². The fourth-order valence-electron chi connectivity index (χ4n) is 2.93. The molecule has 132 valence electrons. The maximum Gasteiger partial charge on any atom is 0.253 e. The van der Waals surface area contributed by atoms with E-state index in [0.717, 1.165) is 17.8 Å². The van der Waals surface area contributed by atoms with Gasteiger partial charge in [0.1, 0.15) is 0 Å². The zero-order valence-electron chi connectivity index (χ0n) is 14.0. The van der Waals surface area contributed by atoms with E-state index in [1.165, 1.54) is 6.26 Å². The van der Waals surface area contributed by atoms with Crippen molar-refractivity contribution in [2.24, 2.45) is 0 Å². The van der Waals surface area contributed by atoms with E-state index in [4.69, 9.17) is 0 Å². The van der Waals surface area contributed by atoms with Crippen molar-refractivity contribution in [3.8, 4) is 22.8 Å². The highest BCUT2D eigenvalue weighted by atomic mass is 32.2. The first-order chi connectivity index (χ1) is 12.4. The second-order valence-corrected chi connectivity index (χ2v) is 8.16. The maximum absolute atomic E-state index is 11.9. The van der Waals surface area contributed by atoms with E-state index >= 15 is 0 Å². The normalized spacial score (nSPS) is 14.0. The Morgan fingerprint density at radius 1 is 1.12 bits per heavy atom. The fourth-order valence-corrected chi connectivity index (χ4v) is 3.56. The van der Waals surface area contributed by atoms with Crippen LogP contribution in [0.2, 0.25) is 0 Å². The number of benzene rings is 1. The molecular formula is C18H16N4O3S. The minimum Gasteiger partial charge on any atom is -0.356 e. The van der Waals surface area contributed by atoms with Crippen LogP contribution in [0.15, 0.2) is 47.5 Å². The van der Waals surface area contributed by atoms with Crippen LogP contribution in [0.3, 0.4) is 0 Å². The first-order valence-electron chi connectivity index (χ1n) is 8.06. The van der Waals surface area contributed by atoms with Gasteiger partial charge in [-0.1, -0.05) is 0 Å². The van der Waals surface area contributed by atoms with Gasteiger partial charge in [0.05, 0.1) is 21.8 Å². The number of carbonyl (C=O) groups is 1. The third-order valence-corrected chi connectivity index (χ3v) is 5.41. The van der Waals surface area contributed by atoms with Crippen molar-refractivity contribution in [1.29, 1.82) is 0 Å². The van der Waals surface area contributed by atoms with Gasteiger partial charge in [-0.3, -0.25) is 4.79 Å². The van der Waals surface area contributed by atoms with Crippen LogP contribution in [0.1, 0.15) is 16.1 Å². The summed E-state index contributed by atoms with van der Waals surface area (Å²) in [5, 5.41) is 2.82. The number of fused-ring (bicyclic) bond motifs is 1. The van der Waals surface area contributed by atoms with E-state index in [9.17, 15) is 13.2 Å². The molecule has 0 aliphatic carbocycles. The van der Waals surface area contributed by atoms with Crippen LogP contribution < -0.4 is 5.32 Å². The average Bonchev–Trinajstić information content (AvgIpc) is 3.07. The quantitative estimate of drug-likeness (QED) is 0.734. The summed E-state index contributed by atoms with van der Waals surface area (Å²) >= 11 is 0. The molecule has 0 saturated carbocycles. The number of hydrogen-bond donors (Lipinski definition) is 2. The molecule has 4 rings (SSSR count). The van der Waals surface area contributed by atoms with Gasteiger partial charge in [0, 0.05) is 36.7 Å². The van der Waals surface area contributed by atoms with Crippen molar-refractivity contribution in [3.05, 3.63) is 53.9 Å². The predicted molar refractivity (Wildman–Crippen MR) is 96.4 cm³/mol. The molecule has 8 heteroatoms. The average molecular weight is 368 g/mol. The number of hydrogen-bond acceptors (Lipinski definition) is 5. The number of amides is 1. The van der Waals surface area contributed by atoms with Crippen molar-refractivity contribution in [1.82, 2.24) is 20.3 Å². The lowest BCUT2D eigenvalue weighted by molar-refractivity contribution is 0.0946. The number of aromatic amines is 1. The molecule has 2 aromatic heterocycles. The molecule has 0 unspecified atom stereocenters. The van der Waals surface area contributed by atoms with Crippen LogP contribution in [0.4, 0.5) is 0 Å². The van der Waals surface area contributed by atoms with Gasteiger partial charge in [-0.15, -0.1) is 0 Å². The molecule has 0 fully saturated rings. The highest BCUT2D eigenvalue weighted by molar-refractivity contribution is 7.90. The Kier molecular flexibility index (Phi) is 3.84. The summed E-state index contributed by atoms with van der Waals surface area (Å²) in [5.41, 5.74) is 3.69. The van der Waals surface area contributed by atoms with Crippen molar-refractivity contribution < 1.29 is 13.2 Å². The first kappa shape index (κ1) is 16.5. The molecule has 3 heterocycles. The van der Waals surface area contributed by atoms with Gasteiger partial charge in [0.15, 0.2) is 15.7 Å². The second kappa shape index (κ2) is 6.06. The summed E-state index contributed by atoms with van der Waals surface area (Å²) in [4.78, 5) is 24.2. The first-order valence-corrected chi connectivity index (χ1v) is 9.95. The Balaban J connectivity index is 1.70. The van der Waals surface area contributed by atoms with Gasteiger partial charge >= 0.3 is 0 Å². The van der Waals surface area contributed by atoms with E-state index in [-0.39, 0.29) is 10.8 Å². The zero-order valence-corrected chi connectivity index (χ0v) is 14.8. The van der Waals surface area contributed by atoms with Crippen molar-refractivity contribution >= 4 is 15.7 Å². The van der Waals surface area contributed by atoms with Crippen molar-refractivity contribution in [2.45, 2.75) is 11.3 Å². The summed E-state index contributed by atoms with van der Waals surface area (Å²) in [6.45, 7) is 0.619. The highest BCUT2D eigenvalue weighted by Gasteiger charge is 2.20. The number of H-pyrrole nitrogens is 1. The van der Waals surface area contributed by atoms with Crippen molar-refractivity contribution in [3.63, 3.8) is 0 Å². The standard InChI is InChI=1S/C18H16N4O3S/c1-26(24,25)12-4-2-11(3-5-12)17-19-8-7-15(22-17)16-10-13-14(21-16)6-9-20-18(13)23/h2-5,7-8,10,21H,6,9H2,1H3,(H,20,23). The van der Waals surface area contributed by atoms with Gasteiger partial charge in [0.25, 0.3) is 5.91 Å². The molecule has 0 bridgehead atoms. The number of carbonyl (C=O) groups excluding carboxylic acids is 1. The molecule has 0 spiro atoms. The number of nitrogens with one attached hydrogen (secondary N) is 2. The minimum absolute atomic E-state index is 0.0839. The van der Waals surface area contributed by atoms with Crippen LogP contribution in [-0.4, -0.2) is 42.1 Å². The topological polar surface area (TPSA) is 105 Å². The third kappa shape index (κ3) is 2.99. The molecule has 1 aliphatic rings. The molecule has 0 saturated heterocycles. The number of rotatable bonds is 3. The van der Waals surface area contributed by atoms with Crippen molar-refractivity contribution in [2.75, 3.05) is 12.8 Å². The van der Waals surface area contributed by atoms with E-state index in [0.29, 0.717) is 29.2 Å². The van der Waals surface area contributed by atoms with Crippen LogP contribution in [0.5, 0.6) is 0 Å². The van der Waals surface area contributed by atoms with E-state index in [2.05, 4.69) is 20.3 Å². The molecule has 1 amide bonds. The van der Waals surface area contributed by atoms with Gasteiger partial charge in [-0.25, -0.2) is 18.4 Å². The lowest BCUT2D eigenvalue weighted by Crippen LogP contribution is -2.31. The monoisotopic (exact) mass is 368 g/mol. The van der Waals surface area contributed by atoms with Crippen LogP contribution >= 0.6 is 0 Å². The summed E-state index contributed by atoms with van der Waals surface area (Å²) in [7, 11) is -3.24. The van der Waals surface area contributed by atoms with Crippen LogP contribution in [0, 0.1) is 0 Å². The molecule has 1 aromatic carbocycles. The van der Waals surface area contributed by atoms with E-state index in [1.54, 1.807) is 42.6 Å². The fraction of sp³-hybridized carbons (Fsp3) is 0.167. The molecular weight excluding hydrogens is 352 g/mol. The van der Waals surface area contributed by atoms with Gasteiger partial charge in [-0.05, 0) is 36.4 Å². The Hall–Kier alpha value is -3.00. The van der Waals surface area contributed by atoms with E-state index < -0.39 is 9.84 Å². The highest BCUT2D eigenvalue weighted by Crippen LogP contribution is 2.25. The molecule has 1 aliphatic heterocycles. The molecule has 0 atom stereocenters. The number of sulfone groups is 1. The van der Waals surface area contributed by atoms with Gasteiger partial charge in [-0.2, -0.15) is 0 Å². The lowest BCUT2D eigenvalue weighted by Gasteiger charge is -2.10. The van der Waals surface area contributed by atoms with Crippen LogP contribution in [-0.2, 0) is 16.3 Å². The third-order valence-electron chi connectivity index (χ3n) is 4.28. The number of nitrogens with zero attached hydrogens (tertiary/aromatic N) is 2. The Morgan fingerprint density at radius 3 is 2.58 bits per heavy atom. The summed E-state index contributed by atoms with van der Waals surface area (Å²) < 4.78 is 23.1. The molecule has 3 aromatic rings. The Bertz CT molecular complexity index is 1100. The SMILES string of the molecule is CS(=O)(=O)c1ccc(-c2nccc(-c3cc4c([nH]3)CCNC4=O)n2)cc1. The molecule has 7 nitrogen and oxygen atoms in total. The summed E-state index contributed by atoms with van der Waals surface area (Å²) in [6.07, 6.45) is 3.57. The summed E-state index contributed by atoms with van der Waals surface area (Å²) in [6, 6.07) is 10.0. The second-order valence-electron chi connectivity index (χ2n) is 6.14. The smallest absolute Gasteiger partial charge is 0.253 e. The molecule has 26 heavy (non-hydrogen) atoms. The Morgan fingerprint density at radius 2 is 1.88 bits per heavy atom. The molecule has 0 radical (unpaired) electrons.